The predicted molar refractivity (Wildman–Crippen MR) is 74.7 cm³/mol. The molecular formula is C14H11N3O5. The molecule has 0 bridgehead atoms. The van der Waals surface area contributed by atoms with Gasteiger partial charge >= 0.3 is 5.97 Å². The fraction of sp³-hybridized carbons (Fsp3) is 0.214. The van der Waals surface area contributed by atoms with Gasteiger partial charge in [0.2, 0.25) is 0 Å². The highest BCUT2D eigenvalue weighted by atomic mass is 16.6. The van der Waals surface area contributed by atoms with Gasteiger partial charge in [-0.05, 0) is 24.6 Å². The molecule has 0 saturated heterocycles. The monoisotopic (exact) mass is 301 g/mol. The Hall–Kier alpha value is -3.39. The van der Waals surface area contributed by atoms with Crippen molar-refractivity contribution in [2.45, 2.75) is 12.8 Å². The minimum absolute atomic E-state index is 0.0489. The van der Waals surface area contributed by atoms with E-state index in [0.717, 1.165) is 6.08 Å². The number of nitro benzene ring substituents is 1. The lowest BCUT2D eigenvalue weighted by atomic mass is 10.1. The summed E-state index contributed by atoms with van der Waals surface area (Å²) in [6.07, 6.45) is 1.34. The average molecular weight is 301 g/mol. The SMILES string of the molecule is N#CC(C#N)=Cc1cc(OCCCC(=O)O)ccc1[N+](=O)[O-]. The summed E-state index contributed by atoms with van der Waals surface area (Å²) < 4.78 is 5.30. The van der Waals surface area contributed by atoms with Crippen LogP contribution in [-0.4, -0.2) is 22.6 Å². The van der Waals surface area contributed by atoms with Gasteiger partial charge in [-0.3, -0.25) is 14.9 Å². The number of nitro groups is 1. The number of ether oxygens (including phenoxy) is 1. The number of benzene rings is 1. The molecule has 0 aromatic heterocycles. The maximum atomic E-state index is 10.9. The van der Waals surface area contributed by atoms with Gasteiger partial charge in [-0.1, -0.05) is 0 Å². The Balaban J connectivity index is 2.98. The van der Waals surface area contributed by atoms with Crippen molar-refractivity contribution in [1.82, 2.24) is 0 Å². The number of nitrogens with zero attached hydrogens (tertiary/aromatic N) is 3. The third-order valence-electron chi connectivity index (χ3n) is 2.54. The van der Waals surface area contributed by atoms with Gasteiger partial charge in [0.15, 0.2) is 0 Å². The Bertz CT molecular complexity index is 681. The lowest BCUT2D eigenvalue weighted by Gasteiger charge is -2.06. The molecule has 112 valence electrons. The van der Waals surface area contributed by atoms with Crippen LogP contribution in [0.5, 0.6) is 5.75 Å². The molecule has 0 saturated carbocycles. The Labute approximate surface area is 125 Å². The van der Waals surface area contributed by atoms with Gasteiger partial charge in [-0.25, -0.2) is 0 Å². The maximum Gasteiger partial charge on any atom is 0.303 e. The zero-order chi connectivity index (χ0) is 16.5. The fourth-order valence-corrected chi connectivity index (χ4v) is 1.56. The summed E-state index contributed by atoms with van der Waals surface area (Å²) >= 11 is 0. The lowest BCUT2D eigenvalue weighted by Crippen LogP contribution is -2.02. The van der Waals surface area contributed by atoms with Crippen LogP contribution in [-0.2, 0) is 4.79 Å². The van der Waals surface area contributed by atoms with E-state index in [2.05, 4.69) is 0 Å². The molecule has 0 fully saturated rings. The van der Waals surface area contributed by atoms with Crippen LogP contribution in [0, 0.1) is 32.8 Å². The van der Waals surface area contributed by atoms with Crippen LogP contribution >= 0.6 is 0 Å². The van der Waals surface area contributed by atoms with Crippen molar-refractivity contribution < 1.29 is 19.6 Å². The Morgan fingerprint density at radius 2 is 2.09 bits per heavy atom. The Morgan fingerprint density at radius 3 is 2.64 bits per heavy atom. The standard InChI is InChI=1S/C14H11N3O5/c15-8-10(9-16)6-11-7-12(3-4-13(11)17(20)21)22-5-1-2-14(18)19/h3-4,6-7H,1-2,5H2,(H,18,19). The van der Waals surface area contributed by atoms with Crippen molar-refractivity contribution in [1.29, 1.82) is 10.5 Å². The normalized spacial score (nSPS) is 9.18. The van der Waals surface area contributed by atoms with Gasteiger partial charge < -0.3 is 9.84 Å². The molecule has 8 nitrogen and oxygen atoms in total. The molecule has 22 heavy (non-hydrogen) atoms. The summed E-state index contributed by atoms with van der Waals surface area (Å²) in [6, 6.07) is 7.14. The first-order valence-electron chi connectivity index (χ1n) is 6.13. The van der Waals surface area contributed by atoms with Crippen LogP contribution in [0.4, 0.5) is 5.69 Å². The summed E-state index contributed by atoms with van der Waals surface area (Å²) in [5.74, 6) is -0.652. The second kappa shape index (κ2) is 8.02. The number of hydrogen-bond acceptors (Lipinski definition) is 6. The quantitative estimate of drug-likeness (QED) is 0.353. The van der Waals surface area contributed by atoms with E-state index in [9.17, 15) is 14.9 Å². The molecule has 1 aromatic rings. The third kappa shape index (κ3) is 4.94. The molecule has 0 spiro atoms. The van der Waals surface area contributed by atoms with Crippen molar-refractivity contribution in [2.75, 3.05) is 6.61 Å². The summed E-state index contributed by atoms with van der Waals surface area (Å²) in [5, 5.41) is 36.9. The number of rotatable bonds is 7. The molecule has 0 aliphatic rings. The summed E-state index contributed by atoms with van der Waals surface area (Å²) in [7, 11) is 0. The van der Waals surface area contributed by atoms with Gasteiger partial charge in [0, 0.05) is 12.5 Å². The zero-order valence-corrected chi connectivity index (χ0v) is 11.4. The Kier molecular flexibility index (Phi) is 6.08. The molecule has 0 amide bonds. The minimum Gasteiger partial charge on any atom is -0.494 e. The van der Waals surface area contributed by atoms with Crippen LogP contribution in [0.1, 0.15) is 18.4 Å². The largest absolute Gasteiger partial charge is 0.494 e. The number of carboxylic acids is 1. The first-order chi connectivity index (χ1) is 10.5. The number of aliphatic carboxylic acids is 1. The van der Waals surface area contributed by atoms with E-state index in [1.807, 2.05) is 0 Å². The molecule has 0 radical (unpaired) electrons. The van der Waals surface area contributed by atoms with E-state index in [-0.39, 0.29) is 35.6 Å². The summed E-state index contributed by atoms with van der Waals surface area (Å²) in [5.41, 5.74) is -0.467. The molecule has 0 unspecified atom stereocenters. The van der Waals surface area contributed by atoms with Crippen LogP contribution in [0.2, 0.25) is 0 Å². The molecule has 0 aliphatic heterocycles. The molecular weight excluding hydrogens is 290 g/mol. The van der Waals surface area contributed by atoms with E-state index in [4.69, 9.17) is 20.4 Å². The molecule has 1 N–H and O–H groups in total. The van der Waals surface area contributed by atoms with Crippen molar-refractivity contribution in [2.24, 2.45) is 0 Å². The molecule has 1 rings (SSSR count). The topological polar surface area (TPSA) is 137 Å². The average Bonchev–Trinajstić information content (AvgIpc) is 2.48. The van der Waals surface area contributed by atoms with Crippen LogP contribution in [0.3, 0.4) is 0 Å². The van der Waals surface area contributed by atoms with E-state index in [1.54, 1.807) is 12.1 Å². The third-order valence-corrected chi connectivity index (χ3v) is 2.54. The van der Waals surface area contributed by atoms with Crippen molar-refractivity contribution in [3.05, 3.63) is 39.4 Å². The fourth-order valence-electron chi connectivity index (χ4n) is 1.56. The smallest absolute Gasteiger partial charge is 0.303 e. The highest BCUT2D eigenvalue weighted by molar-refractivity contribution is 5.69. The van der Waals surface area contributed by atoms with E-state index in [1.165, 1.54) is 18.2 Å². The first kappa shape index (κ1) is 16.7. The second-order valence-electron chi connectivity index (χ2n) is 4.11. The molecule has 0 aliphatic carbocycles. The lowest BCUT2D eigenvalue weighted by molar-refractivity contribution is -0.385. The Morgan fingerprint density at radius 1 is 1.41 bits per heavy atom. The van der Waals surface area contributed by atoms with Crippen LogP contribution in [0.25, 0.3) is 6.08 Å². The first-order valence-corrected chi connectivity index (χ1v) is 6.13. The van der Waals surface area contributed by atoms with Gasteiger partial charge in [0.05, 0.1) is 17.1 Å². The summed E-state index contributed by atoms with van der Waals surface area (Å²) in [6.45, 7) is 0.136. The number of carboxylic acid groups (broad SMARTS) is 1. The van der Waals surface area contributed by atoms with Crippen LogP contribution < -0.4 is 4.74 Å². The second-order valence-corrected chi connectivity index (χ2v) is 4.11. The highest BCUT2D eigenvalue weighted by Crippen LogP contribution is 2.26. The van der Waals surface area contributed by atoms with E-state index in [0.29, 0.717) is 6.42 Å². The minimum atomic E-state index is -0.941. The number of carbonyl (C=O) groups is 1. The highest BCUT2D eigenvalue weighted by Gasteiger charge is 2.14. The summed E-state index contributed by atoms with van der Waals surface area (Å²) in [4.78, 5) is 20.7. The van der Waals surface area contributed by atoms with E-state index < -0.39 is 10.9 Å². The van der Waals surface area contributed by atoms with Crippen LogP contribution in [0.15, 0.2) is 23.8 Å². The number of nitriles is 2. The number of allylic oxidation sites excluding steroid dienone is 1. The predicted octanol–water partition coefficient (Wildman–Crippen LogP) is 2.27. The van der Waals surface area contributed by atoms with Gasteiger partial charge in [0.1, 0.15) is 23.5 Å². The number of hydrogen-bond donors (Lipinski definition) is 1. The molecule has 1 aromatic carbocycles. The van der Waals surface area contributed by atoms with Crippen molar-refractivity contribution in [3.63, 3.8) is 0 Å². The molecule has 0 heterocycles. The van der Waals surface area contributed by atoms with Gasteiger partial charge in [-0.2, -0.15) is 10.5 Å². The van der Waals surface area contributed by atoms with Crippen molar-refractivity contribution in [3.8, 4) is 17.9 Å². The van der Waals surface area contributed by atoms with Crippen molar-refractivity contribution >= 4 is 17.7 Å². The zero-order valence-electron chi connectivity index (χ0n) is 11.4. The van der Waals surface area contributed by atoms with Gasteiger partial charge in [0.25, 0.3) is 5.69 Å². The van der Waals surface area contributed by atoms with E-state index >= 15 is 0 Å². The molecule has 8 heteroatoms. The van der Waals surface area contributed by atoms with Gasteiger partial charge in [-0.15, -0.1) is 0 Å². The maximum absolute atomic E-state index is 10.9. The molecule has 0 atom stereocenters.